The molecular weight excluding hydrogens is 421 g/mol. The minimum Gasteiger partial charge on any atom is -0.354 e. The Kier molecular flexibility index (Phi) is 4.88. The molecular formula is C23H24FN9. The molecule has 168 valence electrons. The zero-order valence-electron chi connectivity index (χ0n) is 18.0. The Hall–Kier alpha value is -3.63. The smallest absolute Gasteiger partial charge is 0.224 e. The fraction of sp³-hybridized carbons (Fsp3) is 0.304. The van der Waals surface area contributed by atoms with E-state index < -0.39 is 0 Å². The summed E-state index contributed by atoms with van der Waals surface area (Å²) in [5.74, 6) is 8.39. The predicted octanol–water partition coefficient (Wildman–Crippen LogP) is 2.59. The molecule has 1 aliphatic heterocycles. The molecule has 0 radical (unpaired) electrons. The number of piperazine rings is 1. The van der Waals surface area contributed by atoms with Crippen LogP contribution in [0.2, 0.25) is 0 Å². The molecule has 1 aromatic carbocycles. The number of nitrogens with zero attached hydrogens (tertiary/aromatic N) is 7. The van der Waals surface area contributed by atoms with Crippen molar-refractivity contribution in [1.82, 2.24) is 29.5 Å². The number of fused-ring (bicyclic) bond motifs is 1. The van der Waals surface area contributed by atoms with Gasteiger partial charge in [-0.05, 0) is 55.3 Å². The average molecular weight is 446 g/mol. The van der Waals surface area contributed by atoms with Gasteiger partial charge in [0.25, 0.3) is 0 Å². The molecule has 3 aromatic heterocycles. The lowest BCUT2D eigenvalue weighted by Gasteiger charge is -2.32. The Balaban J connectivity index is 1.47. The van der Waals surface area contributed by atoms with Crippen LogP contribution < -0.4 is 16.1 Å². The fourth-order valence-corrected chi connectivity index (χ4v) is 4.06. The van der Waals surface area contributed by atoms with E-state index in [0.717, 1.165) is 55.9 Å². The van der Waals surface area contributed by atoms with E-state index in [-0.39, 0.29) is 5.82 Å². The lowest BCUT2D eigenvalue weighted by atomic mass is 10.2. The fourth-order valence-electron chi connectivity index (χ4n) is 4.06. The minimum absolute atomic E-state index is 0.293. The highest BCUT2D eigenvalue weighted by atomic mass is 19.1. The third-order valence-electron chi connectivity index (χ3n) is 6.03. The summed E-state index contributed by atoms with van der Waals surface area (Å²) in [6, 6.07) is 12.6. The number of pyridine rings is 1. The second-order valence-electron chi connectivity index (χ2n) is 8.47. The quantitative estimate of drug-likeness (QED) is 0.452. The molecule has 1 saturated heterocycles. The molecule has 0 spiro atoms. The molecule has 9 nitrogen and oxygen atoms in total. The van der Waals surface area contributed by atoms with Crippen molar-refractivity contribution in [2.75, 3.05) is 36.4 Å². The molecule has 2 fully saturated rings. The standard InChI is InChI=1S/C23H24FN9/c24-16-3-1-15(2-4-16)22-30-21-18(7-8-19(28-21)31-11-13-32(25)14-12-31)33(22)20-9-10-26-23(29-20)27-17-5-6-17/h1-4,7-10,17H,5-6,11-14,25H2,(H,26,27,29). The van der Waals surface area contributed by atoms with Gasteiger partial charge in [0.1, 0.15) is 23.3 Å². The third-order valence-corrected chi connectivity index (χ3v) is 6.03. The zero-order valence-corrected chi connectivity index (χ0v) is 18.0. The summed E-state index contributed by atoms with van der Waals surface area (Å²) < 4.78 is 15.6. The highest BCUT2D eigenvalue weighted by molar-refractivity contribution is 5.81. The molecule has 3 N–H and O–H groups in total. The van der Waals surface area contributed by atoms with E-state index in [1.807, 2.05) is 27.8 Å². The Bertz CT molecular complexity index is 1290. The molecule has 1 aliphatic carbocycles. The number of nitrogens with two attached hydrogens (primary N) is 1. The van der Waals surface area contributed by atoms with Gasteiger partial charge >= 0.3 is 0 Å². The van der Waals surface area contributed by atoms with Crippen LogP contribution in [0.5, 0.6) is 0 Å². The number of anilines is 2. The first-order valence-electron chi connectivity index (χ1n) is 11.1. The van der Waals surface area contributed by atoms with Crippen LogP contribution >= 0.6 is 0 Å². The van der Waals surface area contributed by atoms with E-state index in [2.05, 4.69) is 15.2 Å². The van der Waals surface area contributed by atoms with Crippen LogP contribution in [0, 0.1) is 5.82 Å². The normalized spacial score (nSPS) is 17.0. The van der Waals surface area contributed by atoms with Crippen molar-refractivity contribution >= 4 is 22.9 Å². The van der Waals surface area contributed by atoms with Crippen molar-refractivity contribution in [2.24, 2.45) is 5.84 Å². The number of aromatic nitrogens is 5. The minimum atomic E-state index is -0.293. The van der Waals surface area contributed by atoms with Gasteiger partial charge in [-0.15, -0.1) is 0 Å². The van der Waals surface area contributed by atoms with Gasteiger partial charge in [-0.2, -0.15) is 4.98 Å². The van der Waals surface area contributed by atoms with Gasteiger partial charge in [0.2, 0.25) is 5.95 Å². The summed E-state index contributed by atoms with van der Waals surface area (Å²) in [5.41, 5.74) is 2.21. The lowest BCUT2D eigenvalue weighted by Crippen LogP contribution is -2.49. The largest absolute Gasteiger partial charge is 0.354 e. The second kappa shape index (κ2) is 8.05. The third kappa shape index (κ3) is 3.98. The van der Waals surface area contributed by atoms with Gasteiger partial charge in [-0.3, -0.25) is 10.4 Å². The number of imidazole rings is 1. The summed E-state index contributed by atoms with van der Waals surface area (Å²) in [6.07, 6.45) is 4.00. The second-order valence-corrected chi connectivity index (χ2v) is 8.47. The molecule has 10 heteroatoms. The van der Waals surface area contributed by atoms with Crippen LogP contribution in [-0.2, 0) is 0 Å². The van der Waals surface area contributed by atoms with E-state index in [1.54, 1.807) is 18.3 Å². The Morgan fingerprint density at radius 2 is 1.67 bits per heavy atom. The maximum Gasteiger partial charge on any atom is 0.224 e. The number of rotatable bonds is 5. The average Bonchev–Trinajstić information content (AvgIpc) is 3.56. The molecule has 4 aromatic rings. The van der Waals surface area contributed by atoms with Gasteiger partial charge in [-0.1, -0.05) is 0 Å². The van der Waals surface area contributed by atoms with Crippen molar-refractivity contribution in [1.29, 1.82) is 0 Å². The number of benzene rings is 1. The Morgan fingerprint density at radius 1 is 0.879 bits per heavy atom. The first-order valence-corrected chi connectivity index (χ1v) is 11.1. The predicted molar refractivity (Wildman–Crippen MR) is 124 cm³/mol. The number of hydrogen-bond donors (Lipinski definition) is 2. The van der Waals surface area contributed by atoms with Crippen molar-refractivity contribution < 1.29 is 4.39 Å². The number of halogens is 1. The Labute approximate surface area is 190 Å². The summed E-state index contributed by atoms with van der Waals surface area (Å²) >= 11 is 0. The molecule has 4 heterocycles. The van der Waals surface area contributed by atoms with Crippen LogP contribution in [0.3, 0.4) is 0 Å². The number of hydrazine groups is 1. The topological polar surface area (TPSA) is 101 Å². The molecule has 0 unspecified atom stereocenters. The highest BCUT2D eigenvalue weighted by Gasteiger charge is 2.23. The molecule has 1 saturated carbocycles. The SMILES string of the molecule is NN1CCN(c2ccc3c(n2)nc(-c2ccc(F)cc2)n3-c2ccnc(NC3CC3)n2)CC1. The molecule has 2 aliphatic rings. The number of nitrogens with one attached hydrogen (secondary N) is 1. The van der Waals surface area contributed by atoms with Crippen LogP contribution in [0.25, 0.3) is 28.4 Å². The van der Waals surface area contributed by atoms with E-state index in [0.29, 0.717) is 29.3 Å². The molecule has 6 rings (SSSR count). The van der Waals surface area contributed by atoms with Crippen molar-refractivity contribution in [3.8, 4) is 17.2 Å². The summed E-state index contributed by atoms with van der Waals surface area (Å²) in [4.78, 5) is 21.0. The Morgan fingerprint density at radius 3 is 2.42 bits per heavy atom. The van der Waals surface area contributed by atoms with Gasteiger partial charge in [0.05, 0.1) is 5.52 Å². The number of hydrogen-bond acceptors (Lipinski definition) is 8. The summed E-state index contributed by atoms with van der Waals surface area (Å²) in [5, 5.41) is 5.16. The van der Waals surface area contributed by atoms with Crippen molar-refractivity contribution in [3.05, 3.63) is 54.5 Å². The van der Waals surface area contributed by atoms with E-state index in [9.17, 15) is 4.39 Å². The van der Waals surface area contributed by atoms with Crippen molar-refractivity contribution in [2.45, 2.75) is 18.9 Å². The van der Waals surface area contributed by atoms with E-state index in [4.69, 9.17) is 20.8 Å². The van der Waals surface area contributed by atoms with E-state index in [1.165, 1.54) is 12.1 Å². The monoisotopic (exact) mass is 445 g/mol. The van der Waals surface area contributed by atoms with Crippen LogP contribution in [0.4, 0.5) is 16.2 Å². The van der Waals surface area contributed by atoms with Gasteiger partial charge in [-0.25, -0.2) is 24.4 Å². The van der Waals surface area contributed by atoms with Crippen molar-refractivity contribution in [3.63, 3.8) is 0 Å². The lowest BCUT2D eigenvalue weighted by molar-refractivity contribution is 0.265. The van der Waals surface area contributed by atoms with Gasteiger partial charge in [0, 0.05) is 44.0 Å². The first kappa shape index (κ1) is 20.0. The maximum absolute atomic E-state index is 13.6. The molecule has 0 amide bonds. The molecule has 33 heavy (non-hydrogen) atoms. The molecule has 0 atom stereocenters. The summed E-state index contributed by atoms with van der Waals surface area (Å²) in [6.45, 7) is 3.19. The van der Waals surface area contributed by atoms with Crippen LogP contribution in [-0.4, -0.2) is 61.7 Å². The highest BCUT2D eigenvalue weighted by Crippen LogP contribution is 2.30. The summed E-state index contributed by atoms with van der Waals surface area (Å²) in [7, 11) is 0. The zero-order chi connectivity index (χ0) is 22.4. The maximum atomic E-state index is 13.6. The van der Waals surface area contributed by atoms with Gasteiger partial charge in [0.15, 0.2) is 5.65 Å². The van der Waals surface area contributed by atoms with E-state index >= 15 is 0 Å². The molecule has 0 bridgehead atoms. The van der Waals surface area contributed by atoms with Crippen LogP contribution in [0.1, 0.15) is 12.8 Å². The van der Waals surface area contributed by atoms with Gasteiger partial charge < -0.3 is 10.2 Å². The van der Waals surface area contributed by atoms with Crippen LogP contribution in [0.15, 0.2) is 48.7 Å². The first-order chi connectivity index (χ1) is 16.1.